The summed E-state index contributed by atoms with van der Waals surface area (Å²) < 4.78 is 0. The molecule has 94 valence electrons. The van der Waals surface area contributed by atoms with Crippen molar-refractivity contribution < 1.29 is 0 Å². The van der Waals surface area contributed by atoms with E-state index in [0.29, 0.717) is 0 Å². The molecule has 1 heterocycles. The summed E-state index contributed by atoms with van der Waals surface area (Å²) in [5.41, 5.74) is 0. The van der Waals surface area contributed by atoms with Crippen molar-refractivity contribution in [2.45, 2.75) is 58.5 Å². The van der Waals surface area contributed by atoms with E-state index >= 15 is 0 Å². The van der Waals surface area contributed by atoms with Crippen molar-refractivity contribution in [2.75, 3.05) is 19.6 Å². The van der Waals surface area contributed by atoms with Gasteiger partial charge < -0.3 is 10.2 Å². The maximum Gasteiger partial charge on any atom is 0.0121 e. The van der Waals surface area contributed by atoms with Gasteiger partial charge in [0.15, 0.2) is 0 Å². The number of piperidine rings is 1. The van der Waals surface area contributed by atoms with E-state index in [9.17, 15) is 0 Å². The van der Waals surface area contributed by atoms with E-state index in [2.05, 4.69) is 31.0 Å². The van der Waals surface area contributed by atoms with E-state index in [-0.39, 0.29) is 0 Å². The van der Waals surface area contributed by atoms with Crippen molar-refractivity contribution in [3.8, 4) is 0 Å². The lowest BCUT2D eigenvalue weighted by molar-refractivity contribution is 0.186. The summed E-state index contributed by atoms with van der Waals surface area (Å²) in [6.07, 6.45) is 5.63. The molecule has 1 N–H and O–H groups in total. The fourth-order valence-electron chi connectivity index (χ4n) is 3.02. The smallest absolute Gasteiger partial charge is 0.0121 e. The molecule has 1 atom stereocenters. The van der Waals surface area contributed by atoms with Gasteiger partial charge in [-0.1, -0.05) is 20.8 Å². The second kappa shape index (κ2) is 5.50. The molecule has 0 bridgehead atoms. The topological polar surface area (TPSA) is 15.3 Å². The van der Waals surface area contributed by atoms with E-state index in [1.165, 1.54) is 45.3 Å². The molecule has 1 saturated heterocycles. The largest absolute Gasteiger partial charge is 0.311 e. The van der Waals surface area contributed by atoms with Gasteiger partial charge in [-0.2, -0.15) is 0 Å². The van der Waals surface area contributed by atoms with Crippen molar-refractivity contribution in [2.24, 2.45) is 11.8 Å². The predicted molar refractivity (Wildman–Crippen MR) is 69.6 cm³/mol. The second-order valence-corrected chi connectivity index (χ2v) is 5.98. The van der Waals surface area contributed by atoms with Crippen LogP contribution in [0.25, 0.3) is 0 Å². The minimum atomic E-state index is 0.788. The molecule has 0 aromatic heterocycles. The standard InChI is InChI=1S/C14H28N2/c1-4-16-9-7-13(8-10-16)15-14(11(2)3)12-5-6-12/h11-15H,4-10H2,1-3H3. The first-order valence-electron chi connectivity index (χ1n) is 7.19. The van der Waals surface area contributed by atoms with E-state index in [0.717, 1.165) is 23.9 Å². The Labute approximate surface area is 101 Å². The van der Waals surface area contributed by atoms with Crippen LogP contribution in [-0.2, 0) is 0 Å². The van der Waals surface area contributed by atoms with Crippen LogP contribution >= 0.6 is 0 Å². The van der Waals surface area contributed by atoms with Gasteiger partial charge >= 0.3 is 0 Å². The van der Waals surface area contributed by atoms with Crippen LogP contribution < -0.4 is 5.32 Å². The molecule has 1 aliphatic heterocycles. The van der Waals surface area contributed by atoms with Crippen LogP contribution in [0.15, 0.2) is 0 Å². The van der Waals surface area contributed by atoms with E-state index < -0.39 is 0 Å². The van der Waals surface area contributed by atoms with Gasteiger partial charge in [-0.25, -0.2) is 0 Å². The highest BCUT2D eigenvalue weighted by Crippen LogP contribution is 2.36. The zero-order chi connectivity index (χ0) is 11.5. The first kappa shape index (κ1) is 12.4. The van der Waals surface area contributed by atoms with Gasteiger partial charge in [0.25, 0.3) is 0 Å². The van der Waals surface area contributed by atoms with Crippen molar-refractivity contribution in [1.29, 1.82) is 0 Å². The average Bonchev–Trinajstić information content (AvgIpc) is 3.10. The van der Waals surface area contributed by atoms with E-state index in [1.54, 1.807) is 0 Å². The number of nitrogens with one attached hydrogen (secondary N) is 1. The van der Waals surface area contributed by atoms with Crippen LogP contribution in [0, 0.1) is 11.8 Å². The number of likely N-dealkylation sites (tertiary alicyclic amines) is 1. The third-order valence-electron chi connectivity index (χ3n) is 4.31. The molecule has 2 aliphatic rings. The lowest BCUT2D eigenvalue weighted by Gasteiger charge is -2.35. The van der Waals surface area contributed by atoms with Gasteiger partial charge in [0.05, 0.1) is 0 Å². The molecule has 0 aromatic rings. The highest BCUT2D eigenvalue weighted by molar-refractivity contribution is 4.91. The molecule has 0 radical (unpaired) electrons. The van der Waals surface area contributed by atoms with Crippen LogP contribution in [0.4, 0.5) is 0 Å². The number of hydrogen-bond acceptors (Lipinski definition) is 2. The Balaban J connectivity index is 1.76. The van der Waals surface area contributed by atoms with Gasteiger partial charge in [-0.3, -0.25) is 0 Å². The molecule has 16 heavy (non-hydrogen) atoms. The summed E-state index contributed by atoms with van der Waals surface area (Å²) in [7, 11) is 0. The molecule has 1 unspecified atom stereocenters. The molecule has 2 fully saturated rings. The first-order valence-corrected chi connectivity index (χ1v) is 7.19. The highest BCUT2D eigenvalue weighted by atomic mass is 15.1. The predicted octanol–water partition coefficient (Wildman–Crippen LogP) is 2.49. The number of rotatable bonds is 5. The van der Waals surface area contributed by atoms with Gasteiger partial charge in [0.1, 0.15) is 0 Å². The third-order valence-corrected chi connectivity index (χ3v) is 4.31. The molecule has 2 rings (SSSR count). The maximum atomic E-state index is 3.94. The SMILES string of the molecule is CCN1CCC(NC(C(C)C)C2CC2)CC1. The third kappa shape index (κ3) is 3.21. The number of nitrogens with zero attached hydrogens (tertiary/aromatic N) is 1. The Morgan fingerprint density at radius 1 is 1.12 bits per heavy atom. The highest BCUT2D eigenvalue weighted by Gasteiger charge is 2.34. The molecular formula is C14H28N2. The minimum Gasteiger partial charge on any atom is -0.311 e. The van der Waals surface area contributed by atoms with Crippen LogP contribution in [0.5, 0.6) is 0 Å². The van der Waals surface area contributed by atoms with Crippen LogP contribution in [0.3, 0.4) is 0 Å². The maximum absolute atomic E-state index is 3.94. The Hall–Kier alpha value is -0.0800. The van der Waals surface area contributed by atoms with Crippen LogP contribution in [0.2, 0.25) is 0 Å². The zero-order valence-corrected chi connectivity index (χ0v) is 11.2. The summed E-state index contributed by atoms with van der Waals surface area (Å²) in [6.45, 7) is 10.8. The average molecular weight is 224 g/mol. The molecule has 1 aliphatic carbocycles. The Morgan fingerprint density at radius 3 is 2.19 bits per heavy atom. The van der Waals surface area contributed by atoms with E-state index in [4.69, 9.17) is 0 Å². The van der Waals surface area contributed by atoms with E-state index in [1.807, 2.05) is 0 Å². The Bertz CT molecular complexity index is 201. The Morgan fingerprint density at radius 2 is 1.75 bits per heavy atom. The summed E-state index contributed by atoms with van der Waals surface area (Å²) in [6, 6.07) is 1.58. The summed E-state index contributed by atoms with van der Waals surface area (Å²) >= 11 is 0. The summed E-state index contributed by atoms with van der Waals surface area (Å²) in [5.74, 6) is 1.79. The van der Waals surface area contributed by atoms with Gasteiger partial charge in [0, 0.05) is 12.1 Å². The number of hydrogen-bond donors (Lipinski definition) is 1. The van der Waals surface area contributed by atoms with Crippen molar-refractivity contribution >= 4 is 0 Å². The van der Waals surface area contributed by atoms with Gasteiger partial charge in [-0.05, 0) is 57.2 Å². The van der Waals surface area contributed by atoms with Crippen molar-refractivity contribution in [3.05, 3.63) is 0 Å². The van der Waals surface area contributed by atoms with Crippen molar-refractivity contribution in [1.82, 2.24) is 10.2 Å². The van der Waals surface area contributed by atoms with Crippen LogP contribution in [-0.4, -0.2) is 36.6 Å². The molecule has 1 saturated carbocycles. The lowest BCUT2D eigenvalue weighted by atomic mass is 9.96. The van der Waals surface area contributed by atoms with Gasteiger partial charge in [0.2, 0.25) is 0 Å². The zero-order valence-electron chi connectivity index (χ0n) is 11.2. The molecule has 0 spiro atoms. The Kier molecular flexibility index (Phi) is 4.26. The normalized spacial score (nSPS) is 26.2. The molecule has 2 heteroatoms. The van der Waals surface area contributed by atoms with Crippen molar-refractivity contribution in [3.63, 3.8) is 0 Å². The second-order valence-electron chi connectivity index (χ2n) is 5.98. The molecule has 0 amide bonds. The molecule has 2 nitrogen and oxygen atoms in total. The fourth-order valence-corrected chi connectivity index (χ4v) is 3.02. The fraction of sp³-hybridized carbons (Fsp3) is 1.00. The monoisotopic (exact) mass is 224 g/mol. The summed E-state index contributed by atoms with van der Waals surface area (Å²) in [4.78, 5) is 2.57. The quantitative estimate of drug-likeness (QED) is 0.772. The van der Waals surface area contributed by atoms with Gasteiger partial charge in [-0.15, -0.1) is 0 Å². The molecule has 0 aromatic carbocycles. The minimum absolute atomic E-state index is 0.788. The lowest BCUT2D eigenvalue weighted by Crippen LogP contribution is -2.48. The first-order chi connectivity index (χ1) is 7.70. The van der Waals surface area contributed by atoms with Crippen LogP contribution in [0.1, 0.15) is 46.5 Å². The molecular weight excluding hydrogens is 196 g/mol. The summed E-state index contributed by atoms with van der Waals surface area (Å²) in [5, 5.41) is 3.94.